The zero-order valence-electron chi connectivity index (χ0n) is 18.2. The molecule has 0 aromatic heterocycles. The van der Waals surface area contributed by atoms with Crippen molar-refractivity contribution < 1.29 is 14.0 Å². The molecule has 0 amide bonds. The third-order valence-electron chi connectivity index (χ3n) is 5.78. The second-order valence-corrected chi connectivity index (χ2v) is 19.4. The Morgan fingerprint density at radius 2 is 1.31 bits per heavy atom. The lowest BCUT2D eigenvalue weighted by Crippen LogP contribution is -2.45. The van der Waals surface area contributed by atoms with Crippen molar-refractivity contribution in [3.05, 3.63) is 23.8 Å². The zero-order valence-corrected chi connectivity index (χ0v) is 20.2. The maximum atomic E-state index is 10.1. The fourth-order valence-electron chi connectivity index (χ4n) is 1.81. The summed E-state index contributed by atoms with van der Waals surface area (Å²) in [6, 6.07) is 5.55. The lowest BCUT2D eigenvalue weighted by Gasteiger charge is -2.39. The van der Waals surface area contributed by atoms with Gasteiger partial charge in [-0.2, -0.15) is 0 Å². The first kappa shape index (κ1) is 22.8. The monoisotopic (exact) mass is 392 g/mol. The van der Waals surface area contributed by atoms with Gasteiger partial charge in [-0.1, -0.05) is 53.5 Å². The van der Waals surface area contributed by atoms with Crippen LogP contribution in [0.1, 0.15) is 53.2 Å². The van der Waals surface area contributed by atoms with Crippen molar-refractivity contribution in [3.63, 3.8) is 0 Å². The minimum absolute atomic E-state index is 0.0575. The Kier molecular flexibility index (Phi) is 6.51. The summed E-state index contributed by atoms with van der Waals surface area (Å²) in [5.41, 5.74) is 0.656. The van der Waals surface area contributed by atoms with Crippen molar-refractivity contribution >= 4 is 16.6 Å². The van der Waals surface area contributed by atoms with E-state index in [4.69, 9.17) is 15.3 Å². The van der Waals surface area contributed by atoms with Crippen LogP contribution in [0.4, 0.5) is 0 Å². The highest BCUT2D eigenvalue weighted by Crippen LogP contribution is 2.44. The molecule has 5 heteroatoms. The van der Waals surface area contributed by atoms with Gasteiger partial charge in [0, 0.05) is 0 Å². The van der Waals surface area contributed by atoms with Crippen LogP contribution >= 0.6 is 0 Å². The third-order valence-corrected chi connectivity index (χ3v) is 14.5. The van der Waals surface area contributed by atoms with Crippen molar-refractivity contribution in [1.82, 2.24) is 0 Å². The van der Waals surface area contributed by atoms with Crippen molar-refractivity contribution in [3.8, 4) is 23.8 Å². The molecular formula is C21H36O3Si2. The van der Waals surface area contributed by atoms with Crippen LogP contribution in [0.15, 0.2) is 18.2 Å². The van der Waals surface area contributed by atoms with E-state index < -0.39 is 22.7 Å². The Morgan fingerprint density at radius 1 is 0.885 bits per heavy atom. The number of aliphatic hydroxyl groups excluding tert-OH is 1. The standard InChI is InChI=1S/C21H36O3Si2/c1-12-17(22)16-13-14-18(23-25(8,9)20(2,3)4)19(15-16)24-26(10,11)21(5,6)7/h1,13-15,17,22H,2-11H3. The molecule has 0 aliphatic carbocycles. The minimum Gasteiger partial charge on any atom is -0.541 e. The van der Waals surface area contributed by atoms with Crippen molar-refractivity contribution in [2.24, 2.45) is 0 Å². The van der Waals surface area contributed by atoms with Crippen LogP contribution in [-0.2, 0) is 0 Å². The van der Waals surface area contributed by atoms with Gasteiger partial charge in [-0.3, -0.25) is 0 Å². The summed E-state index contributed by atoms with van der Waals surface area (Å²) < 4.78 is 13.1. The fraction of sp³-hybridized carbons (Fsp3) is 0.619. The fourth-order valence-corrected chi connectivity index (χ4v) is 3.85. The molecule has 1 N–H and O–H groups in total. The van der Waals surface area contributed by atoms with Gasteiger partial charge in [0.1, 0.15) is 17.6 Å². The van der Waals surface area contributed by atoms with Crippen LogP contribution in [0.3, 0.4) is 0 Å². The van der Waals surface area contributed by atoms with Crippen LogP contribution in [0, 0.1) is 12.3 Å². The molecule has 0 heterocycles. The summed E-state index contributed by atoms with van der Waals surface area (Å²) in [7, 11) is -4.08. The van der Waals surface area contributed by atoms with E-state index in [1.807, 2.05) is 18.2 Å². The Balaban J connectivity index is 3.41. The SMILES string of the molecule is C#CC(O)c1ccc(O[Si](C)(C)C(C)(C)C)c(O[Si](C)(C)C(C)(C)C)c1. The Hall–Kier alpha value is -1.23. The van der Waals surface area contributed by atoms with Gasteiger partial charge in [0.15, 0.2) is 0 Å². The van der Waals surface area contributed by atoms with Crippen molar-refractivity contribution in [1.29, 1.82) is 0 Å². The number of aliphatic hydroxyl groups is 1. The molecule has 146 valence electrons. The summed E-state index contributed by atoms with van der Waals surface area (Å²) in [4.78, 5) is 0. The van der Waals surface area contributed by atoms with Gasteiger partial charge in [0.25, 0.3) is 16.6 Å². The number of hydrogen-bond acceptors (Lipinski definition) is 3. The van der Waals surface area contributed by atoms with Crippen LogP contribution in [0.25, 0.3) is 0 Å². The average molecular weight is 393 g/mol. The van der Waals surface area contributed by atoms with Crippen molar-refractivity contribution in [2.45, 2.75) is 83.9 Å². The first-order chi connectivity index (χ1) is 11.5. The number of rotatable bonds is 5. The van der Waals surface area contributed by atoms with E-state index in [9.17, 15) is 5.11 Å². The maximum Gasteiger partial charge on any atom is 0.250 e. The van der Waals surface area contributed by atoms with E-state index in [0.29, 0.717) is 11.3 Å². The summed E-state index contributed by atoms with van der Waals surface area (Å²) >= 11 is 0. The predicted molar refractivity (Wildman–Crippen MR) is 116 cm³/mol. The highest BCUT2D eigenvalue weighted by molar-refractivity contribution is 6.75. The average Bonchev–Trinajstić information content (AvgIpc) is 2.45. The molecular weight excluding hydrogens is 356 g/mol. The number of terminal acetylenes is 1. The topological polar surface area (TPSA) is 38.7 Å². The number of benzene rings is 1. The van der Waals surface area contributed by atoms with Gasteiger partial charge in [-0.05, 0) is 54.0 Å². The summed E-state index contributed by atoms with van der Waals surface area (Å²) in [5, 5.41) is 10.2. The van der Waals surface area contributed by atoms with E-state index in [1.54, 1.807) is 0 Å². The van der Waals surface area contributed by atoms with Gasteiger partial charge in [-0.15, -0.1) is 6.42 Å². The van der Waals surface area contributed by atoms with Crippen LogP contribution < -0.4 is 8.85 Å². The first-order valence-electron chi connectivity index (χ1n) is 9.18. The highest BCUT2D eigenvalue weighted by Gasteiger charge is 2.42. The van der Waals surface area contributed by atoms with Crippen LogP contribution in [0.5, 0.6) is 11.5 Å². The number of hydrogen-bond donors (Lipinski definition) is 1. The molecule has 0 aliphatic heterocycles. The van der Waals surface area contributed by atoms with Crippen LogP contribution in [0.2, 0.25) is 36.3 Å². The minimum atomic E-state index is -2.06. The van der Waals surface area contributed by atoms with Crippen LogP contribution in [-0.4, -0.2) is 21.7 Å². The van der Waals surface area contributed by atoms with Gasteiger partial charge < -0.3 is 14.0 Å². The molecule has 0 radical (unpaired) electrons. The summed E-state index contributed by atoms with van der Waals surface area (Å²) in [5.74, 6) is 3.81. The lowest BCUT2D eigenvalue weighted by molar-refractivity contribution is 0.238. The molecule has 26 heavy (non-hydrogen) atoms. The van der Waals surface area contributed by atoms with E-state index in [1.165, 1.54) is 0 Å². The molecule has 1 aromatic carbocycles. The van der Waals surface area contributed by atoms with Crippen molar-refractivity contribution in [2.75, 3.05) is 0 Å². The highest BCUT2D eigenvalue weighted by atomic mass is 28.4. The molecule has 0 saturated heterocycles. The second-order valence-electron chi connectivity index (χ2n) is 10.0. The summed E-state index contributed by atoms with van der Waals surface area (Å²) in [6.45, 7) is 22.1. The van der Waals surface area contributed by atoms with Gasteiger partial charge in [0.05, 0.1) is 0 Å². The normalized spacial score (nSPS) is 14.5. The van der Waals surface area contributed by atoms with Gasteiger partial charge in [0.2, 0.25) is 0 Å². The van der Waals surface area contributed by atoms with E-state index >= 15 is 0 Å². The molecule has 1 atom stereocenters. The lowest BCUT2D eigenvalue weighted by atomic mass is 10.1. The molecule has 0 aliphatic rings. The van der Waals surface area contributed by atoms with E-state index in [-0.39, 0.29) is 10.1 Å². The van der Waals surface area contributed by atoms with E-state index in [2.05, 4.69) is 73.7 Å². The largest absolute Gasteiger partial charge is 0.541 e. The second kappa shape index (κ2) is 7.42. The third kappa shape index (κ3) is 5.15. The summed E-state index contributed by atoms with van der Waals surface area (Å²) in [6.07, 6.45) is 4.45. The van der Waals surface area contributed by atoms with Gasteiger partial charge >= 0.3 is 0 Å². The molecule has 1 rings (SSSR count). The molecule has 1 unspecified atom stereocenters. The maximum absolute atomic E-state index is 10.1. The first-order valence-corrected chi connectivity index (χ1v) is 15.0. The molecule has 1 aromatic rings. The molecule has 3 nitrogen and oxygen atoms in total. The smallest absolute Gasteiger partial charge is 0.250 e. The van der Waals surface area contributed by atoms with E-state index in [0.717, 1.165) is 5.75 Å². The van der Waals surface area contributed by atoms with Gasteiger partial charge in [-0.25, -0.2) is 0 Å². The molecule has 0 bridgehead atoms. The zero-order chi connectivity index (χ0) is 20.6. The Morgan fingerprint density at radius 3 is 1.69 bits per heavy atom. The molecule has 0 saturated carbocycles. The molecule has 0 spiro atoms. The predicted octanol–water partition coefficient (Wildman–Crippen LogP) is 6.12. The Labute approximate surface area is 162 Å². The molecule has 0 fully saturated rings. The quantitative estimate of drug-likeness (QED) is 0.484. The Bertz CT molecular complexity index is 674.